The highest BCUT2D eigenvalue weighted by atomic mass is 127. The normalized spacial score (nSPS) is 16.2. The van der Waals surface area contributed by atoms with E-state index in [0.717, 1.165) is 50.5 Å². The second kappa shape index (κ2) is 14.5. The van der Waals surface area contributed by atoms with Gasteiger partial charge in [-0.1, -0.05) is 33.1 Å². The van der Waals surface area contributed by atoms with E-state index in [1.807, 2.05) is 12.1 Å². The predicted octanol–water partition coefficient (Wildman–Crippen LogP) is 3.73. The Hall–Kier alpha value is -1.45. The molecular formula is C21H38IN5O2. The highest BCUT2D eigenvalue weighted by Gasteiger charge is 2.22. The number of piperidine rings is 1. The lowest BCUT2D eigenvalue weighted by atomic mass is 10.00. The molecule has 1 aliphatic heterocycles. The number of rotatable bonds is 10. The standard InChI is InChI=1S/C21H37N5O2.HI/c1-3-5-7-17(4-2)16-24-21(23-12-9-19-8-6-15-28-19)25-18-10-13-26(14-11-18)20(22)27;/h6,8,15,17-18H,3-5,7,9-14,16H2,1-2H3,(H2,22,27)(H2,23,24,25);1H. The molecule has 1 aliphatic rings. The maximum Gasteiger partial charge on any atom is 0.314 e. The summed E-state index contributed by atoms with van der Waals surface area (Å²) in [4.78, 5) is 17.9. The summed E-state index contributed by atoms with van der Waals surface area (Å²) in [6.45, 7) is 7.48. The fourth-order valence-corrected chi connectivity index (χ4v) is 3.49. The van der Waals surface area contributed by atoms with Gasteiger partial charge in [0.25, 0.3) is 0 Å². The summed E-state index contributed by atoms with van der Waals surface area (Å²) in [5.74, 6) is 2.45. The minimum Gasteiger partial charge on any atom is -0.469 e. The molecule has 2 amide bonds. The lowest BCUT2D eigenvalue weighted by Crippen LogP contribution is -2.51. The minimum absolute atomic E-state index is 0. The Bertz CT molecular complexity index is 586. The van der Waals surface area contributed by atoms with Crippen LogP contribution in [0.25, 0.3) is 0 Å². The van der Waals surface area contributed by atoms with Gasteiger partial charge in [-0.05, 0) is 37.3 Å². The Kier molecular flexibility index (Phi) is 12.8. The summed E-state index contributed by atoms with van der Waals surface area (Å²) in [6.07, 6.45) is 9.16. The average Bonchev–Trinajstić information content (AvgIpc) is 3.21. The molecule has 0 aromatic carbocycles. The molecule has 0 bridgehead atoms. The smallest absolute Gasteiger partial charge is 0.314 e. The number of amides is 2. The molecule has 166 valence electrons. The van der Waals surface area contributed by atoms with Crippen LogP contribution in [0.5, 0.6) is 0 Å². The molecule has 2 rings (SSSR count). The van der Waals surface area contributed by atoms with Crippen molar-refractivity contribution in [2.24, 2.45) is 16.6 Å². The van der Waals surface area contributed by atoms with Crippen LogP contribution < -0.4 is 16.4 Å². The van der Waals surface area contributed by atoms with Crippen molar-refractivity contribution in [2.75, 3.05) is 26.2 Å². The van der Waals surface area contributed by atoms with Crippen LogP contribution in [0.15, 0.2) is 27.8 Å². The summed E-state index contributed by atoms with van der Waals surface area (Å²) in [5, 5.41) is 7.01. The molecule has 1 aromatic heterocycles. The molecule has 1 fully saturated rings. The third-order valence-corrected chi connectivity index (χ3v) is 5.44. The average molecular weight is 519 g/mol. The Morgan fingerprint density at radius 3 is 2.72 bits per heavy atom. The number of halogens is 1. The van der Waals surface area contributed by atoms with Gasteiger partial charge in [-0.3, -0.25) is 4.99 Å². The highest BCUT2D eigenvalue weighted by Crippen LogP contribution is 2.13. The van der Waals surface area contributed by atoms with Crippen molar-refractivity contribution in [1.82, 2.24) is 15.5 Å². The first-order valence-electron chi connectivity index (χ1n) is 10.7. The Balaban J connectivity index is 0.00000420. The molecule has 1 aromatic rings. The van der Waals surface area contributed by atoms with E-state index in [1.165, 1.54) is 19.3 Å². The first kappa shape index (κ1) is 25.6. The molecule has 1 atom stereocenters. The molecule has 0 spiro atoms. The second-order valence-electron chi connectivity index (χ2n) is 7.61. The van der Waals surface area contributed by atoms with Crippen molar-refractivity contribution in [3.05, 3.63) is 24.2 Å². The van der Waals surface area contributed by atoms with Gasteiger partial charge < -0.3 is 25.7 Å². The fourth-order valence-electron chi connectivity index (χ4n) is 3.49. The van der Waals surface area contributed by atoms with E-state index in [-0.39, 0.29) is 30.0 Å². The van der Waals surface area contributed by atoms with Gasteiger partial charge in [0.05, 0.1) is 6.26 Å². The summed E-state index contributed by atoms with van der Waals surface area (Å²) in [5.41, 5.74) is 5.38. The molecule has 8 heteroatoms. The van der Waals surface area contributed by atoms with E-state index in [2.05, 4.69) is 24.5 Å². The number of guanidine groups is 1. The number of urea groups is 1. The summed E-state index contributed by atoms with van der Waals surface area (Å²) in [6, 6.07) is 3.88. The number of primary amides is 1. The summed E-state index contributed by atoms with van der Waals surface area (Å²) < 4.78 is 5.41. The van der Waals surface area contributed by atoms with Gasteiger partial charge in [-0.25, -0.2) is 4.79 Å². The number of hydrogen-bond donors (Lipinski definition) is 3. The van der Waals surface area contributed by atoms with E-state index in [1.54, 1.807) is 11.2 Å². The van der Waals surface area contributed by atoms with Gasteiger partial charge in [0, 0.05) is 38.6 Å². The monoisotopic (exact) mass is 519 g/mol. The fraction of sp³-hybridized carbons (Fsp3) is 0.714. The number of aliphatic imine (C=N–C) groups is 1. The number of nitrogens with one attached hydrogen (secondary N) is 2. The number of furan rings is 1. The van der Waals surface area contributed by atoms with E-state index in [4.69, 9.17) is 15.1 Å². The quantitative estimate of drug-likeness (QED) is 0.249. The van der Waals surface area contributed by atoms with Gasteiger partial charge in [0.15, 0.2) is 5.96 Å². The Morgan fingerprint density at radius 1 is 1.38 bits per heavy atom. The SMILES string of the molecule is CCCCC(CC)CN=C(NCCc1ccco1)NC1CCN(C(N)=O)CC1.I. The van der Waals surface area contributed by atoms with Crippen LogP contribution >= 0.6 is 24.0 Å². The van der Waals surface area contributed by atoms with Crippen LogP contribution in [0, 0.1) is 5.92 Å². The van der Waals surface area contributed by atoms with Crippen LogP contribution in [0.4, 0.5) is 4.79 Å². The number of nitrogens with two attached hydrogens (primary N) is 1. The molecule has 2 heterocycles. The molecule has 7 nitrogen and oxygen atoms in total. The van der Waals surface area contributed by atoms with Gasteiger partial charge in [0.1, 0.15) is 5.76 Å². The van der Waals surface area contributed by atoms with Crippen LogP contribution in [0.1, 0.15) is 58.1 Å². The highest BCUT2D eigenvalue weighted by molar-refractivity contribution is 14.0. The van der Waals surface area contributed by atoms with Gasteiger partial charge in [0.2, 0.25) is 0 Å². The number of nitrogens with zero attached hydrogens (tertiary/aromatic N) is 2. The van der Waals surface area contributed by atoms with Crippen molar-refractivity contribution in [3.8, 4) is 0 Å². The number of hydrogen-bond acceptors (Lipinski definition) is 3. The minimum atomic E-state index is -0.328. The lowest BCUT2D eigenvalue weighted by molar-refractivity contribution is 0.188. The van der Waals surface area contributed by atoms with Crippen LogP contribution in [0.3, 0.4) is 0 Å². The predicted molar refractivity (Wildman–Crippen MR) is 129 cm³/mol. The maximum absolute atomic E-state index is 11.3. The molecule has 0 aliphatic carbocycles. The first-order valence-corrected chi connectivity index (χ1v) is 10.7. The van der Waals surface area contributed by atoms with Crippen molar-refractivity contribution >= 4 is 36.0 Å². The molecule has 0 radical (unpaired) electrons. The second-order valence-corrected chi connectivity index (χ2v) is 7.61. The molecule has 1 saturated heterocycles. The third kappa shape index (κ3) is 9.73. The van der Waals surface area contributed by atoms with E-state index >= 15 is 0 Å². The van der Waals surface area contributed by atoms with Crippen molar-refractivity contribution < 1.29 is 9.21 Å². The maximum atomic E-state index is 11.3. The van der Waals surface area contributed by atoms with Crippen LogP contribution in [-0.2, 0) is 6.42 Å². The molecular weight excluding hydrogens is 481 g/mol. The zero-order valence-electron chi connectivity index (χ0n) is 17.9. The number of carbonyl (C=O) groups is 1. The zero-order valence-corrected chi connectivity index (χ0v) is 20.2. The summed E-state index contributed by atoms with van der Waals surface area (Å²) >= 11 is 0. The Labute approximate surface area is 192 Å². The zero-order chi connectivity index (χ0) is 20.2. The Morgan fingerprint density at radius 2 is 2.14 bits per heavy atom. The van der Waals surface area contributed by atoms with Crippen molar-refractivity contribution in [1.29, 1.82) is 0 Å². The third-order valence-electron chi connectivity index (χ3n) is 5.44. The molecule has 1 unspecified atom stereocenters. The van der Waals surface area contributed by atoms with E-state index in [9.17, 15) is 4.79 Å². The van der Waals surface area contributed by atoms with Crippen molar-refractivity contribution in [3.63, 3.8) is 0 Å². The van der Waals surface area contributed by atoms with Crippen LogP contribution in [-0.4, -0.2) is 49.1 Å². The number of unbranched alkanes of at least 4 members (excludes halogenated alkanes) is 1. The lowest BCUT2D eigenvalue weighted by Gasteiger charge is -2.32. The number of carbonyl (C=O) groups excluding carboxylic acids is 1. The first-order chi connectivity index (χ1) is 13.6. The van der Waals surface area contributed by atoms with Gasteiger partial charge in [-0.15, -0.1) is 24.0 Å². The van der Waals surface area contributed by atoms with E-state index < -0.39 is 0 Å². The molecule has 4 N–H and O–H groups in total. The van der Waals surface area contributed by atoms with Crippen molar-refractivity contribution in [2.45, 2.75) is 64.8 Å². The summed E-state index contributed by atoms with van der Waals surface area (Å²) in [7, 11) is 0. The largest absolute Gasteiger partial charge is 0.469 e. The molecule has 29 heavy (non-hydrogen) atoms. The van der Waals surface area contributed by atoms with E-state index in [0.29, 0.717) is 25.0 Å². The topological polar surface area (TPSA) is 95.9 Å². The van der Waals surface area contributed by atoms with Crippen LogP contribution in [0.2, 0.25) is 0 Å². The van der Waals surface area contributed by atoms with Gasteiger partial charge >= 0.3 is 6.03 Å². The number of likely N-dealkylation sites (tertiary alicyclic amines) is 1. The molecule has 0 saturated carbocycles. The van der Waals surface area contributed by atoms with Gasteiger partial charge in [-0.2, -0.15) is 0 Å².